The van der Waals surface area contributed by atoms with Crippen molar-refractivity contribution in [2.45, 2.75) is 32.2 Å². The normalized spacial score (nSPS) is 19.2. The number of nitrogens with two attached hydrogens (primary N) is 1. The van der Waals surface area contributed by atoms with E-state index in [0.29, 0.717) is 23.1 Å². The molecular weight excluding hydrogens is 240 g/mol. The van der Waals surface area contributed by atoms with Crippen LogP contribution in [0.25, 0.3) is 11.0 Å². The highest BCUT2D eigenvalue weighted by Gasteiger charge is 2.29. The molecule has 19 heavy (non-hydrogen) atoms. The van der Waals surface area contributed by atoms with Crippen molar-refractivity contribution >= 4 is 22.6 Å². The van der Waals surface area contributed by atoms with E-state index in [1.807, 2.05) is 17.0 Å². The number of fused-ring (bicyclic) bond motifs is 1. The lowest BCUT2D eigenvalue weighted by Crippen LogP contribution is -2.34. The van der Waals surface area contributed by atoms with Gasteiger partial charge in [0.15, 0.2) is 5.76 Å². The van der Waals surface area contributed by atoms with Crippen molar-refractivity contribution in [3.8, 4) is 0 Å². The van der Waals surface area contributed by atoms with E-state index in [-0.39, 0.29) is 5.91 Å². The molecule has 4 nitrogen and oxygen atoms in total. The van der Waals surface area contributed by atoms with Crippen LogP contribution in [-0.2, 0) is 0 Å². The minimum Gasteiger partial charge on any atom is -0.451 e. The fourth-order valence-electron chi connectivity index (χ4n) is 2.84. The third-order valence-corrected chi connectivity index (χ3v) is 3.86. The van der Waals surface area contributed by atoms with Crippen LogP contribution in [0.4, 0.5) is 5.69 Å². The molecule has 1 saturated heterocycles. The second-order valence-corrected chi connectivity index (χ2v) is 5.11. The summed E-state index contributed by atoms with van der Waals surface area (Å²) in [6.07, 6.45) is 3.17. The zero-order valence-electron chi connectivity index (χ0n) is 11.1. The molecule has 1 fully saturated rings. The molecule has 1 atom stereocenters. The van der Waals surface area contributed by atoms with Crippen molar-refractivity contribution in [3.63, 3.8) is 0 Å². The maximum absolute atomic E-state index is 12.5. The summed E-state index contributed by atoms with van der Waals surface area (Å²) in [5.74, 6) is 0.417. The van der Waals surface area contributed by atoms with Gasteiger partial charge in [0.1, 0.15) is 5.58 Å². The molecule has 2 heterocycles. The number of anilines is 1. The van der Waals surface area contributed by atoms with Crippen LogP contribution in [0, 0.1) is 0 Å². The minimum absolute atomic E-state index is 0.000813. The Bertz CT molecular complexity index is 618. The van der Waals surface area contributed by atoms with Gasteiger partial charge in [0, 0.05) is 23.7 Å². The monoisotopic (exact) mass is 258 g/mol. The second kappa shape index (κ2) is 4.61. The molecule has 0 radical (unpaired) electrons. The van der Waals surface area contributed by atoms with Gasteiger partial charge in [-0.2, -0.15) is 0 Å². The molecular formula is C15H18N2O2. The van der Waals surface area contributed by atoms with Gasteiger partial charge in [0.25, 0.3) is 5.91 Å². The van der Waals surface area contributed by atoms with Crippen LogP contribution in [0.3, 0.4) is 0 Å². The maximum Gasteiger partial charge on any atom is 0.289 e. The first-order valence-electron chi connectivity index (χ1n) is 6.79. The molecule has 0 spiro atoms. The lowest BCUT2D eigenvalue weighted by atomic mass is 10.1. The van der Waals surface area contributed by atoms with Gasteiger partial charge in [0.05, 0.1) is 0 Å². The number of furan rings is 1. The Labute approximate surface area is 112 Å². The highest BCUT2D eigenvalue weighted by atomic mass is 16.3. The van der Waals surface area contributed by atoms with Crippen LogP contribution in [0.2, 0.25) is 0 Å². The number of carbonyl (C=O) groups excluding carboxylic acids is 1. The first-order valence-corrected chi connectivity index (χ1v) is 6.79. The molecule has 3 rings (SSSR count). The highest BCUT2D eigenvalue weighted by Crippen LogP contribution is 2.26. The average molecular weight is 258 g/mol. The largest absolute Gasteiger partial charge is 0.451 e. The number of hydrogen-bond acceptors (Lipinski definition) is 3. The van der Waals surface area contributed by atoms with Crippen molar-refractivity contribution in [3.05, 3.63) is 30.0 Å². The van der Waals surface area contributed by atoms with Gasteiger partial charge in [0.2, 0.25) is 0 Å². The molecule has 4 heteroatoms. The van der Waals surface area contributed by atoms with Crippen molar-refractivity contribution in [1.82, 2.24) is 4.90 Å². The van der Waals surface area contributed by atoms with E-state index in [4.69, 9.17) is 10.2 Å². The van der Waals surface area contributed by atoms with Gasteiger partial charge < -0.3 is 15.1 Å². The first-order chi connectivity index (χ1) is 9.19. The predicted molar refractivity (Wildman–Crippen MR) is 75.0 cm³/mol. The molecule has 1 unspecified atom stereocenters. The van der Waals surface area contributed by atoms with E-state index in [0.717, 1.165) is 31.2 Å². The van der Waals surface area contributed by atoms with Gasteiger partial charge in [-0.3, -0.25) is 4.79 Å². The Kier molecular flexibility index (Phi) is 2.93. The van der Waals surface area contributed by atoms with Crippen LogP contribution in [-0.4, -0.2) is 23.4 Å². The summed E-state index contributed by atoms with van der Waals surface area (Å²) < 4.78 is 5.64. The summed E-state index contributed by atoms with van der Waals surface area (Å²) >= 11 is 0. The molecule has 1 aromatic carbocycles. The summed E-state index contributed by atoms with van der Waals surface area (Å²) in [5.41, 5.74) is 7.13. The van der Waals surface area contributed by atoms with Crippen molar-refractivity contribution in [2.75, 3.05) is 12.3 Å². The van der Waals surface area contributed by atoms with Gasteiger partial charge >= 0.3 is 0 Å². The number of nitrogens with zero attached hydrogens (tertiary/aromatic N) is 1. The van der Waals surface area contributed by atoms with Gasteiger partial charge in [-0.25, -0.2) is 0 Å². The summed E-state index contributed by atoms with van der Waals surface area (Å²) in [4.78, 5) is 14.4. The molecule has 100 valence electrons. The molecule has 0 bridgehead atoms. The molecule has 0 saturated carbocycles. The Hall–Kier alpha value is -1.97. The van der Waals surface area contributed by atoms with Crippen molar-refractivity contribution < 1.29 is 9.21 Å². The summed E-state index contributed by atoms with van der Waals surface area (Å²) in [7, 11) is 0. The number of benzene rings is 1. The summed E-state index contributed by atoms with van der Waals surface area (Å²) in [6, 6.07) is 7.56. The fraction of sp³-hybridized carbons (Fsp3) is 0.400. The number of carbonyl (C=O) groups is 1. The maximum atomic E-state index is 12.5. The van der Waals surface area contributed by atoms with Crippen molar-refractivity contribution in [2.24, 2.45) is 0 Å². The van der Waals surface area contributed by atoms with Gasteiger partial charge in [-0.1, -0.05) is 6.92 Å². The number of hydrogen-bond donors (Lipinski definition) is 1. The van der Waals surface area contributed by atoms with Gasteiger partial charge in [-0.15, -0.1) is 0 Å². The van der Waals surface area contributed by atoms with E-state index in [1.165, 1.54) is 0 Å². The average Bonchev–Trinajstić information content (AvgIpc) is 3.03. The zero-order chi connectivity index (χ0) is 13.4. The zero-order valence-corrected chi connectivity index (χ0v) is 11.1. The fourth-order valence-corrected chi connectivity index (χ4v) is 2.84. The molecule has 2 aromatic rings. The number of likely N-dealkylation sites (tertiary alicyclic amines) is 1. The second-order valence-electron chi connectivity index (χ2n) is 5.11. The lowest BCUT2D eigenvalue weighted by Gasteiger charge is -2.22. The van der Waals surface area contributed by atoms with Crippen LogP contribution in [0.1, 0.15) is 36.7 Å². The number of nitrogen functional groups attached to an aromatic ring is 1. The van der Waals surface area contributed by atoms with Crippen LogP contribution >= 0.6 is 0 Å². The summed E-state index contributed by atoms with van der Waals surface area (Å²) in [5, 5.41) is 0.885. The van der Waals surface area contributed by atoms with Crippen LogP contribution in [0.15, 0.2) is 28.7 Å². The predicted octanol–water partition coefficient (Wildman–Crippen LogP) is 3.03. The Balaban J connectivity index is 1.93. The third kappa shape index (κ3) is 2.07. The SMILES string of the molecule is CCC1CCCN1C(=O)c1cc2cc(N)ccc2o1. The highest BCUT2D eigenvalue weighted by molar-refractivity contribution is 5.96. The van der Waals surface area contributed by atoms with Crippen LogP contribution < -0.4 is 5.73 Å². The molecule has 1 aromatic heterocycles. The minimum atomic E-state index is -0.000813. The number of amides is 1. The first kappa shape index (κ1) is 12.1. The Morgan fingerprint density at radius 2 is 2.32 bits per heavy atom. The Morgan fingerprint density at radius 3 is 3.11 bits per heavy atom. The summed E-state index contributed by atoms with van der Waals surface area (Å²) in [6.45, 7) is 2.95. The smallest absolute Gasteiger partial charge is 0.289 e. The molecule has 0 aliphatic carbocycles. The van der Waals surface area contributed by atoms with E-state index in [2.05, 4.69) is 6.92 Å². The molecule has 2 N–H and O–H groups in total. The molecule has 1 aliphatic heterocycles. The van der Waals surface area contributed by atoms with Gasteiger partial charge in [-0.05, 0) is 43.5 Å². The third-order valence-electron chi connectivity index (χ3n) is 3.86. The van der Waals surface area contributed by atoms with E-state index in [1.54, 1.807) is 12.1 Å². The van der Waals surface area contributed by atoms with E-state index >= 15 is 0 Å². The standard InChI is InChI=1S/C15H18N2O2/c1-2-12-4-3-7-17(12)15(18)14-9-10-8-11(16)5-6-13(10)19-14/h5-6,8-9,12H,2-4,7,16H2,1H3. The number of rotatable bonds is 2. The Morgan fingerprint density at radius 1 is 1.47 bits per heavy atom. The topological polar surface area (TPSA) is 59.5 Å². The molecule has 1 amide bonds. The van der Waals surface area contributed by atoms with E-state index < -0.39 is 0 Å². The van der Waals surface area contributed by atoms with Crippen LogP contribution in [0.5, 0.6) is 0 Å². The van der Waals surface area contributed by atoms with Crippen molar-refractivity contribution in [1.29, 1.82) is 0 Å². The van der Waals surface area contributed by atoms with E-state index in [9.17, 15) is 4.79 Å². The lowest BCUT2D eigenvalue weighted by molar-refractivity contribution is 0.0704. The quantitative estimate of drug-likeness (QED) is 0.842. The molecule has 1 aliphatic rings.